The van der Waals surface area contributed by atoms with Gasteiger partial charge in [-0.25, -0.2) is 9.97 Å². The summed E-state index contributed by atoms with van der Waals surface area (Å²) in [6, 6.07) is 29.5. The first-order chi connectivity index (χ1) is 22.1. The van der Waals surface area contributed by atoms with E-state index in [1.54, 1.807) is 23.5 Å². The van der Waals surface area contributed by atoms with Gasteiger partial charge in [-0.3, -0.25) is 0 Å². The van der Waals surface area contributed by atoms with E-state index in [4.69, 9.17) is 29.7 Å². The third-order valence-corrected chi connectivity index (χ3v) is 9.51. The minimum Gasteiger partial charge on any atom is -0.507 e. The summed E-state index contributed by atoms with van der Waals surface area (Å²) in [6.07, 6.45) is 0. The quantitative estimate of drug-likeness (QED) is 0.153. The average molecular weight is 631 g/mol. The van der Waals surface area contributed by atoms with Crippen LogP contribution in [0.4, 0.5) is 29.2 Å². The van der Waals surface area contributed by atoms with Gasteiger partial charge in [0.05, 0.1) is 39.2 Å². The van der Waals surface area contributed by atoms with E-state index in [0.29, 0.717) is 55.4 Å². The summed E-state index contributed by atoms with van der Waals surface area (Å²) in [5, 5.41) is 19.1. The van der Waals surface area contributed by atoms with Crippen molar-refractivity contribution in [3.63, 3.8) is 0 Å². The first-order valence-electron chi connectivity index (χ1n) is 14.4. The van der Waals surface area contributed by atoms with Crippen LogP contribution in [0.1, 0.15) is 0 Å². The number of morpholine rings is 1. The van der Waals surface area contributed by atoms with Crippen LogP contribution in [-0.2, 0) is 4.74 Å². The van der Waals surface area contributed by atoms with Crippen molar-refractivity contribution < 1.29 is 9.84 Å². The molecular weight excluding hydrogens is 605 g/mol. The molecule has 1 aliphatic heterocycles. The monoisotopic (exact) mass is 630 g/mol. The van der Waals surface area contributed by atoms with Gasteiger partial charge in [0, 0.05) is 30.0 Å². The molecule has 0 spiro atoms. The summed E-state index contributed by atoms with van der Waals surface area (Å²) in [6.45, 7) is 2.56. The highest BCUT2D eigenvalue weighted by Crippen LogP contribution is 2.37. The number of para-hydroxylation sites is 2. The molecule has 0 radical (unpaired) electrons. The maximum absolute atomic E-state index is 10.7. The summed E-state index contributed by atoms with van der Waals surface area (Å²) in [7, 11) is 0. The van der Waals surface area contributed by atoms with Gasteiger partial charge >= 0.3 is 0 Å². The van der Waals surface area contributed by atoms with Crippen molar-refractivity contribution in [3.8, 4) is 26.9 Å². The van der Waals surface area contributed by atoms with Crippen molar-refractivity contribution in [2.45, 2.75) is 0 Å². The second-order valence-corrected chi connectivity index (χ2v) is 12.5. The van der Waals surface area contributed by atoms with Crippen LogP contribution in [0.15, 0.2) is 91.0 Å². The molecule has 1 fully saturated rings. The Morgan fingerprint density at radius 3 is 2.00 bits per heavy atom. The number of aromatic hydroxyl groups is 1. The molecular formula is C33H26N8O2S2. The van der Waals surface area contributed by atoms with Crippen molar-refractivity contribution in [2.24, 2.45) is 0 Å². The number of ether oxygens (including phenoxy) is 1. The summed E-state index contributed by atoms with van der Waals surface area (Å²) in [4.78, 5) is 25.9. The Morgan fingerprint density at radius 2 is 1.29 bits per heavy atom. The van der Waals surface area contributed by atoms with E-state index in [2.05, 4.69) is 27.7 Å². The number of nitrogens with one attached hydrogen (secondary N) is 2. The summed E-state index contributed by atoms with van der Waals surface area (Å²) in [5.41, 5.74) is 5.07. The Balaban J connectivity index is 1.11. The molecule has 1 saturated heterocycles. The maximum Gasteiger partial charge on any atom is 0.233 e. The predicted octanol–water partition coefficient (Wildman–Crippen LogP) is 7.45. The predicted molar refractivity (Wildman–Crippen MR) is 181 cm³/mol. The van der Waals surface area contributed by atoms with E-state index >= 15 is 0 Å². The van der Waals surface area contributed by atoms with Gasteiger partial charge in [0.15, 0.2) is 0 Å². The van der Waals surface area contributed by atoms with Crippen LogP contribution >= 0.6 is 22.7 Å². The lowest BCUT2D eigenvalue weighted by molar-refractivity contribution is 0.122. The lowest BCUT2D eigenvalue weighted by Gasteiger charge is -2.27. The Labute approximate surface area is 266 Å². The summed E-state index contributed by atoms with van der Waals surface area (Å²) in [5.74, 6) is 1.48. The minimum atomic E-state index is 0.152. The maximum atomic E-state index is 10.7. The summed E-state index contributed by atoms with van der Waals surface area (Å²) < 4.78 is 7.76. The van der Waals surface area contributed by atoms with E-state index < -0.39 is 0 Å². The molecule has 1 aliphatic rings. The number of hydrogen-bond acceptors (Lipinski definition) is 12. The molecule has 0 saturated carbocycles. The fourth-order valence-corrected chi connectivity index (χ4v) is 7.09. The van der Waals surface area contributed by atoms with E-state index in [9.17, 15) is 5.11 Å². The van der Waals surface area contributed by atoms with Gasteiger partial charge in [0.2, 0.25) is 17.8 Å². The van der Waals surface area contributed by atoms with E-state index in [-0.39, 0.29) is 5.75 Å². The van der Waals surface area contributed by atoms with Gasteiger partial charge < -0.3 is 25.4 Å². The Morgan fingerprint density at radius 1 is 0.644 bits per heavy atom. The Bertz CT molecular complexity index is 2090. The van der Waals surface area contributed by atoms with Crippen molar-refractivity contribution in [1.82, 2.24) is 24.9 Å². The minimum absolute atomic E-state index is 0.152. The van der Waals surface area contributed by atoms with Gasteiger partial charge in [-0.05, 0) is 54.6 Å². The van der Waals surface area contributed by atoms with Crippen LogP contribution < -0.4 is 15.5 Å². The first kappa shape index (κ1) is 27.4. The number of phenols is 1. The fourth-order valence-electron chi connectivity index (χ4n) is 5.14. The number of anilines is 5. The normalized spacial score (nSPS) is 13.4. The zero-order chi connectivity index (χ0) is 30.2. The molecule has 222 valence electrons. The SMILES string of the molecule is Oc1ccc(Nc2nc(Nc3cccc(-c4nc5ccccc5s4)c3)nc(N3CCOCC3)n2)cc1-c1nc2ccccc2s1. The van der Waals surface area contributed by atoms with Crippen LogP contribution in [0.5, 0.6) is 5.75 Å². The molecule has 8 rings (SSSR count). The van der Waals surface area contributed by atoms with Crippen LogP contribution in [0.25, 0.3) is 41.6 Å². The smallest absolute Gasteiger partial charge is 0.233 e. The van der Waals surface area contributed by atoms with E-state index in [1.807, 2.05) is 66.7 Å². The van der Waals surface area contributed by atoms with Gasteiger partial charge in [-0.1, -0.05) is 36.4 Å². The number of fused-ring (bicyclic) bond motifs is 2. The fraction of sp³-hybridized carbons (Fsp3) is 0.121. The highest BCUT2D eigenvalue weighted by Gasteiger charge is 2.18. The molecule has 4 heterocycles. The van der Waals surface area contributed by atoms with Gasteiger partial charge in [-0.15, -0.1) is 22.7 Å². The molecule has 4 aromatic carbocycles. The molecule has 0 atom stereocenters. The molecule has 3 aromatic heterocycles. The number of rotatable bonds is 7. The van der Waals surface area contributed by atoms with Crippen molar-refractivity contribution in [1.29, 1.82) is 0 Å². The van der Waals surface area contributed by atoms with E-state index in [1.165, 1.54) is 11.3 Å². The molecule has 45 heavy (non-hydrogen) atoms. The molecule has 0 unspecified atom stereocenters. The van der Waals surface area contributed by atoms with Crippen molar-refractivity contribution >= 4 is 72.3 Å². The van der Waals surface area contributed by atoms with E-state index in [0.717, 1.165) is 41.7 Å². The molecule has 10 nitrogen and oxygen atoms in total. The second-order valence-electron chi connectivity index (χ2n) is 10.4. The number of thiazole rings is 2. The third kappa shape index (κ3) is 5.74. The first-order valence-corrected chi connectivity index (χ1v) is 16.1. The highest BCUT2D eigenvalue weighted by atomic mass is 32.1. The topological polar surface area (TPSA) is 121 Å². The van der Waals surface area contributed by atoms with Crippen LogP contribution in [0.3, 0.4) is 0 Å². The highest BCUT2D eigenvalue weighted by molar-refractivity contribution is 7.22. The molecule has 7 aromatic rings. The largest absolute Gasteiger partial charge is 0.507 e. The number of benzene rings is 4. The molecule has 0 aliphatic carbocycles. The molecule has 3 N–H and O–H groups in total. The molecule has 0 amide bonds. The lowest BCUT2D eigenvalue weighted by Crippen LogP contribution is -2.37. The zero-order valence-electron chi connectivity index (χ0n) is 23.8. The van der Waals surface area contributed by atoms with Gasteiger partial charge in [-0.2, -0.15) is 15.0 Å². The zero-order valence-corrected chi connectivity index (χ0v) is 25.5. The number of phenolic OH excluding ortho intramolecular Hbond substituents is 1. The second kappa shape index (κ2) is 11.7. The number of hydrogen-bond donors (Lipinski definition) is 3. The van der Waals surface area contributed by atoms with Crippen molar-refractivity contribution in [2.75, 3.05) is 41.8 Å². The number of aromatic nitrogens is 5. The molecule has 0 bridgehead atoms. The van der Waals surface area contributed by atoms with Crippen LogP contribution in [-0.4, -0.2) is 56.3 Å². The van der Waals surface area contributed by atoms with Crippen LogP contribution in [0, 0.1) is 0 Å². The van der Waals surface area contributed by atoms with Crippen molar-refractivity contribution in [3.05, 3.63) is 91.0 Å². The van der Waals surface area contributed by atoms with Gasteiger partial charge in [0.1, 0.15) is 15.8 Å². The summed E-state index contributed by atoms with van der Waals surface area (Å²) >= 11 is 3.19. The lowest BCUT2D eigenvalue weighted by atomic mass is 10.2. The number of nitrogens with zero attached hydrogens (tertiary/aromatic N) is 6. The standard InChI is InChI=1S/C33H26N8O2S2/c42-26-13-12-22(19-23(26)30-37-25-9-2-4-11-28(25)45-30)35-32-38-31(39-33(40-32)41-14-16-43-17-15-41)34-21-7-5-6-20(18-21)29-36-24-8-1-3-10-27(24)44-29/h1-13,18-19,42H,14-17H2,(H2,34,35,38,39,40). The van der Waals surface area contributed by atoms with Gasteiger partial charge in [0.25, 0.3) is 0 Å². The average Bonchev–Trinajstić information content (AvgIpc) is 3.71. The van der Waals surface area contributed by atoms with Crippen LogP contribution in [0.2, 0.25) is 0 Å². The Hall–Kier alpha value is -5.17. The Kier molecular flexibility index (Phi) is 7.14. The third-order valence-electron chi connectivity index (χ3n) is 7.35. The molecule has 12 heteroatoms.